The summed E-state index contributed by atoms with van der Waals surface area (Å²) in [5.41, 5.74) is 11.4. The Morgan fingerprint density at radius 1 is 0.863 bits per heavy atom. The van der Waals surface area contributed by atoms with E-state index < -0.39 is 8.80 Å². The van der Waals surface area contributed by atoms with Gasteiger partial charge in [0.2, 0.25) is 0 Å². The van der Waals surface area contributed by atoms with E-state index in [4.69, 9.17) is 4.74 Å². The lowest BCUT2D eigenvalue weighted by Crippen LogP contribution is -2.38. The average Bonchev–Trinajstić information content (AvgIpc) is 3.84. The highest BCUT2D eigenvalue weighted by Crippen LogP contribution is 2.57. The summed E-state index contributed by atoms with van der Waals surface area (Å²) in [6, 6.07) is 32.3. The molecule has 4 aromatic rings. The molecule has 0 aromatic heterocycles. The summed E-state index contributed by atoms with van der Waals surface area (Å²) in [7, 11) is -0.870. The monoisotopic (exact) mass is 694 g/mol. The average molecular weight is 695 g/mol. The predicted octanol–water partition coefficient (Wildman–Crippen LogP) is 11.2. The summed E-state index contributed by atoms with van der Waals surface area (Å²) < 4.78 is 6.70. The summed E-state index contributed by atoms with van der Waals surface area (Å²) in [6.07, 6.45) is 23.7. The lowest BCUT2D eigenvalue weighted by Gasteiger charge is -2.38. The second-order valence-electron chi connectivity index (χ2n) is 15.1. The maximum Gasteiger partial charge on any atom is 0.125 e. The van der Waals surface area contributed by atoms with Gasteiger partial charge >= 0.3 is 0 Å². The molecule has 249 valence electrons. The number of hydrogen-bond acceptors (Lipinski definition) is 3. The highest BCUT2D eigenvalue weighted by molar-refractivity contribution is 8.03. The molecular weight excluding hydrogens is 655 g/mol. The quantitative estimate of drug-likeness (QED) is 0.197. The number of nitrogens with zero attached hydrogens (tertiary/aromatic N) is 1. The maximum absolute atomic E-state index is 6.70. The zero-order chi connectivity index (χ0) is 33.6. The van der Waals surface area contributed by atoms with Crippen LogP contribution in [-0.4, -0.2) is 20.9 Å². The fourth-order valence-electron chi connectivity index (χ4n) is 9.93. The van der Waals surface area contributed by atoms with Crippen LogP contribution in [-0.2, 0) is 4.74 Å². The molecule has 0 amide bonds. The molecule has 0 bridgehead atoms. The topological polar surface area (TPSA) is 12.5 Å². The molecule has 1 radical (unpaired) electrons. The van der Waals surface area contributed by atoms with Gasteiger partial charge in [-0.3, -0.25) is 0 Å². The largest absolute Gasteiger partial charge is 0.490 e. The second kappa shape index (κ2) is 11.8. The Balaban J connectivity index is 0.981. The van der Waals surface area contributed by atoms with Crippen LogP contribution >= 0.6 is 11.8 Å². The summed E-state index contributed by atoms with van der Waals surface area (Å²) in [6.45, 7) is 2.53. The summed E-state index contributed by atoms with van der Waals surface area (Å²) in [4.78, 5) is 5.73. The highest BCUT2D eigenvalue weighted by atomic mass is 32.2. The van der Waals surface area contributed by atoms with Gasteiger partial charge in [0, 0.05) is 39.4 Å². The highest BCUT2D eigenvalue weighted by Gasteiger charge is 2.42. The van der Waals surface area contributed by atoms with E-state index in [1.807, 2.05) is 11.8 Å². The number of allylic oxidation sites excluding steroid dienone is 10. The van der Waals surface area contributed by atoms with Crippen molar-refractivity contribution >= 4 is 53.4 Å². The van der Waals surface area contributed by atoms with Crippen LogP contribution in [0, 0.1) is 5.92 Å². The first-order valence-electron chi connectivity index (χ1n) is 18.8. The van der Waals surface area contributed by atoms with E-state index in [-0.39, 0.29) is 12.1 Å². The van der Waals surface area contributed by atoms with Gasteiger partial charge in [0.1, 0.15) is 20.7 Å². The molecule has 4 aromatic carbocycles. The van der Waals surface area contributed by atoms with Crippen LogP contribution in [0.1, 0.15) is 61.1 Å². The van der Waals surface area contributed by atoms with E-state index in [1.54, 1.807) is 20.9 Å². The molecule has 3 aliphatic heterocycles. The molecule has 2 nitrogen and oxygen atoms in total. The number of rotatable bonds is 4. The van der Waals surface area contributed by atoms with Gasteiger partial charge in [-0.25, -0.2) is 0 Å². The van der Waals surface area contributed by atoms with Gasteiger partial charge in [-0.2, -0.15) is 0 Å². The fraction of sp³-hybridized carbons (Fsp3) is 0.234. The number of thioether (sulfide) groups is 1. The number of hydrogen-bond donors (Lipinski definition) is 0. The van der Waals surface area contributed by atoms with Crippen LogP contribution < -0.4 is 10.1 Å². The smallest absolute Gasteiger partial charge is 0.125 e. The van der Waals surface area contributed by atoms with Crippen molar-refractivity contribution in [2.45, 2.75) is 68.0 Å². The Morgan fingerprint density at radius 3 is 2.71 bits per heavy atom. The number of benzene rings is 4. The van der Waals surface area contributed by atoms with Crippen molar-refractivity contribution in [3.63, 3.8) is 0 Å². The molecule has 4 unspecified atom stereocenters. The van der Waals surface area contributed by atoms with E-state index in [0.29, 0.717) is 11.8 Å². The molecule has 51 heavy (non-hydrogen) atoms. The Labute approximate surface area is 306 Å². The minimum Gasteiger partial charge on any atom is -0.490 e. The van der Waals surface area contributed by atoms with Crippen LogP contribution in [0.15, 0.2) is 159 Å². The molecule has 4 atom stereocenters. The van der Waals surface area contributed by atoms with E-state index in [0.717, 1.165) is 38.5 Å². The molecule has 4 heteroatoms. The fourth-order valence-corrected chi connectivity index (χ4v) is 13.8. The van der Waals surface area contributed by atoms with Crippen molar-refractivity contribution in [1.82, 2.24) is 0 Å². The second-order valence-corrected chi connectivity index (χ2v) is 18.5. The Kier molecular flexibility index (Phi) is 6.95. The molecule has 4 aliphatic carbocycles. The Hall–Kier alpha value is -4.51. The molecule has 3 heterocycles. The van der Waals surface area contributed by atoms with Crippen LogP contribution in [0.4, 0.5) is 5.69 Å². The van der Waals surface area contributed by atoms with Gasteiger partial charge in [-0.05, 0) is 106 Å². The third-order valence-electron chi connectivity index (χ3n) is 12.4. The van der Waals surface area contributed by atoms with Crippen molar-refractivity contribution in [3.05, 3.63) is 171 Å². The SMILES string of the molecule is C[Si]1C2=CCC3C(=C2c2ccc(N(C4=CC5OC6=C(C=CCC6)C5CC4)C4C=CC(c5cccc6ccccc56)=CC4)cc21)Sc1ccccc13. The lowest BCUT2D eigenvalue weighted by molar-refractivity contribution is 0.137. The molecule has 0 saturated heterocycles. The van der Waals surface area contributed by atoms with Crippen LogP contribution in [0.5, 0.6) is 0 Å². The number of ether oxygens (including phenoxy) is 1. The Morgan fingerprint density at radius 2 is 1.76 bits per heavy atom. The first-order chi connectivity index (χ1) is 25.2. The number of fused-ring (bicyclic) bond motifs is 9. The summed E-state index contributed by atoms with van der Waals surface area (Å²) >= 11 is 2.03. The van der Waals surface area contributed by atoms with Crippen LogP contribution in [0.2, 0.25) is 6.55 Å². The van der Waals surface area contributed by atoms with Gasteiger partial charge in [0.15, 0.2) is 0 Å². The molecule has 0 N–H and O–H groups in total. The van der Waals surface area contributed by atoms with E-state index in [1.165, 1.54) is 60.6 Å². The zero-order valence-electron chi connectivity index (χ0n) is 28.9. The van der Waals surface area contributed by atoms with Gasteiger partial charge in [0.05, 0.1) is 6.04 Å². The van der Waals surface area contributed by atoms with Crippen LogP contribution in [0.25, 0.3) is 21.9 Å². The third kappa shape index (κ3) is 4.69. The molecule has 0 spiro atoms. The minimum atomic E-state index is -0.870. The number of anilines is 1. The molecular formula is C47H40NOSSi. The summed E-state index contributed by atoms with van der Waals surface area (Å²) in [5.74, 6) is 2.23. The van der Waals surface area contributed by atoms with Crippen molar-refractivity contribution in [2.24, 2.45) is 5.92 Å². The van der Waals surface area contributed by atoms with E-state index in [2.05, 4.69) is 139 Å². The molecule has 7 aliphatic rings. The van der Waals surface area contributed by atoms with Crippen molar-refractivity contribution in [1.29, 1.82) is 0 Å². The van der Waals surface area contributed by atoms with Gasteiger partial charge in [-0.1, -0.05) is 127 Å². The minimum absolute atomic E-state index is 0.136. The standard InChI is InChI=1S/C47H40NOSSi/c1-51-44-26-25-39-38-13-5-7-16-43(38)50-47(39)46(44)40-24-22-33(28-45(40)51)48(32-21-23-37-36-12-4-6-15-41(36)49-42(37)27-32)31-19-17-30(18-20-31)35-14-8-10-29-9-2-3-11-34(29)35/h2-5,7-14,16-19,22,24,26-28,31,37,39,42H,6,15,20-21,23,25H2,1H3. The summed E-state index contributed by atoms with van der Waals surface area (Å²) in [5, 5.41) is 5.83. The Bertz CT molecular complexity index is 2380. The van der Waals surface area contributed by atoms with Gasteiger partial charge < -0.3 is 9.64 Å². The maximum atomic E-state index is 6.70. The normalized spacial score (nSPS) is 25.7. The van der Waals surface area contributed by atoms with E-state index >= 15 is 0 Å². The molecule has 0 fully saturated rings. The van der Waals surface area contributed by atoms with E-state index in [9.17, 15) is 0 Å². The first kappa shape index (κ1) is 30.1. The first-order valence-corrected chi connectivity index (χ1v) is 21.6. The van der Waals surface area contributed by atoms with Crippen LogP contribution in [0.3, 0.4) is 0 Å². The third-order valence-corrected chi connectivity index (χ3v) is 16.2. The molecule has 11 rings (SSSR count). The van der Waals surface area contributed by atoms with Gasteiger partial charge in [-0.15, -0.1) is 0 Å². The zero-order valence-corrected chi connectivity index (χ0v) is 30.8. The van der Waals surface area contributed by atoms with Gasteiger partial charge in [0.25, 0.3) is 0 Å². The lowest BCUT2D eigenvalue weighted by atomic mass is 9.83. The van der Waals surface area contributed by atoms with Crippen molar-refractivity contribution in [3.8, 4) is 0 Å². The predicted molar refractivity (Wildman–Crippen MR) is 215 cm³/mol. The van der Waals surface area contributed by atoms with Crippen molar-refractivity contribution < 1.29 is 4.74 Å². The molecule has 0 saturated carbocycles. The van der Waals surface area contributed by atoms with Crippen molar-refractivity contribution in [2.75, 3.05) is 4.90 Å².